The molecule has 0 amide bonds. The number of aromatic hydroxyl groups is 1. The van der Waals surface area contributed by atoms with Gasteiger partial charge in [0.2, 0.25) is 0 Å². The maximum Gasteiger partial charge on any atom is 0.152 e. The van der Waals surface area contributed by atoms with Gasteiger partial charge in [-0.3, -0.25) is 4.79 Å². The van der Waals surface area contributed by atoms with E-state index in [1.807, 2.05) is 6.08 Å². The highest BCUT2D eigenvalue weighted by Crippen LogP contribution is 2.34. The number of halogens is 2. The highest BCUT2D eigenvalue weighted by atomic mass is 35.5. The molecule has 1 aromatic carbocycles. The fraction of sp³-hybridized carbons (Fsp3) is 0.357. The Morgan fingerprint density at radius 1 is 1.37 bits per heavy atom. The Bertz CT molecular complexity index is 517. The van der Waals surface area contributed by atoms with Crippen molar-refractivity contribution < 1.29 is 9.90 Å². The van der Waals surface area contributed by atoms with E-state index in [0.717, 1.165) is 24.4 Å². The summed E-state index contributed by atoms with van der Waals surface area (Å²) in [6, 6.07) is 3.28. The number of phenolic OH excluding ortho intramolecular Hbond substituents is 1. The minimum atomic E-state index is -0.113. The van der Waals surface area contributed by atoms with Crippen LogP contribution >= 0.6 is 23.2 Å². The lowest BCUT2D eigenvalue weighted by Crippen LogP contribution is -2.31. The van der Waals surface area contributed by atoms with Gasteiger partial charge in [0, 0.05) is 31.6 Å². The fourth-order valence-electron chi connectivity index (χ4n) is 2.17. The molecule has 0 aromatic heterocycles. The van der Waals surface area contributed by atoms with E-state index in [-0.39, 0.29) is 21.6 Å². The average molecular weight is 300 g/mol. The van der Waals surface area contributed by atoms with Crippen molar-refractivity contribution in [2.24, 2.45) is 0 Å². The van der Waals surface area contributed by atoms with Gasteiger partial charge in [-0.2, -0.15) is 0 Å². The minimum absolute atomic E-state index is 0.113. The summed E-state index contributed by atoms with van der Waals surface area (Å²) in [4.78, 5) is 13.7. The van der Waals surface area contributed by atoms with E-state index in [2.05, 4.69) is 11.8 Å². The molecule has 0 spiro atoms. The zero-order chi connectivity index (χ0) is 14.0. The van der Waals surface area contributed by atoms with Crippen molar-refractivity contribution in [1.29, 1.82) is 0 Å². The standard InChI is InChI=1S/C14H15Cl2NO2/c1-2-17-4-3-11(18)8-10(17)5-9-6-12(15)14(19)13(16)7-9/h5-7,19H,2-4,8H2,1H3/b10-5+. The Balaban J connectivity index is 2.35. The summed E-state index contributed by atoms with van der Waals surface area (Å²) < 4.78 is 0. The summed E-state index contributed by atoms with van der Waals surface area (Å²) >= 11 is 11.8. The first kappa shape index (κ1) is 14.2. The predicted octanol–water partition coefficient (Wildman–Crippen LogP) is 3.72. The monoisotopic (exact) mass is 299 g/mol. The van der Waals surface area contributed by atoms with Crippen LogP contribution in [0.5, 0.6) is 5.75 Å². The number of likely N-dealkylation sites (tertiary alicyclic amines) is 1. The Hall–Kier alpha value is -1.19. The van der Waals surface area contributed by atoms with E-state index in [9.17, 15) is 9.90 Å². The van der Waals surface area contributed by atoms with Gasteiger partial charge in [-0.1, -0.05) is 23.2 Å². The van der Waals surface area contributed by atoms with Crippen LogP contribution in [0, 0.1) is 0 Å². The van der Waals surface area contributed by atoms with Crippen molar-refractivity contribution in [3.05, 3.63) is 33.4 Å². The normalized spacial score (nSPS) is 18.2. The number of phenols is 1. The molecule has 2 rings (SSSR count). The molecule has 0 radical (unpaired) electrons. The van der Waals surface area contributed by atoms with Crippen LogP contribution < -0.4 is 0 Å². The van der Waals surface area contributed by atoms with Gasteiger partial charge in [0.15, 0.2) is 5.75 Å². The van der Waals surface area contributed by atoms with E-state index in [1.54, 1.807) is 12.1 Å². The van der Waals surface area contributed by atoms with Crippen LogP contribution in [0.1, 0.15) is 25.3 Å². The lowest BCUT2D eigenvalue weighted by atomic mass is 10.0. The predicted molar refractivity (Wildman–Crippen MR) is 77.6 cm³/mol. The SMILES string of the molecule is CCN1CCC(=O)C/C1=C\c1cc(Cl)c(O)c(Cl)c1. The molecule has 0 bridgehead atoms. The first-order valence-corrected chi connectivity index (χ1v) is 6.92. The fourth-order valence-corrected chi connectivity index (χ4v) is 2.67. The number of piperidine rings is 1. The smallest absolute Gasteiger partial charge is 0.152 e. The lowest BCUT2D eigenvalue weighted by Gasteiger charge is -2.30. The van der Waals surface area contributed by atoms with Crippen molar-refractivity contribution in [2.75, 3.05) is 13.1 Å². The molecule has 1 heterocycles. The van der Waals surface area contributed by atoms with Crippen LogP contribution in [0.3, 0.4) is 0 Å². The van der Waals surface area contributed by atoms with Crippen LogP contribution in [-0.2, 0) is 4.79 Å². The van der Waals surface area contributed by atoms with Crippen molar-refractivity contribution in [3.8, 4) is 5.75 Å². The van der Waals surface area contributed by atoms with Crippen LogP contribution in [0.15, 0.2) is 17.8 Å². The lowest BCUT2D eigenvalue weighted by molar-refractivity contribution is -0.120. The molecule has 1 aliphatic rings. The summed E-state index contributed by atoms with van der Waals surface area (Å²) in [5, 5.41) is 9.95. The number of Topliss-reactive ketones (excluding diaryl/α,β-unsaturated/α-hetero) is 1. The van der Waals surface area contributed by atoms with Gasteiger partial charge in [0.05, 0.1) is 10.0 Å². The molecule has 5 heteroatoms. The molecular weight excluding hydrogens is 285 g/mol. The number of ketones is 1. The minimum Gasteiger partial charge on any atom is -0.505 e. The number of allylic oxidation sites excluding steroid dienone is 1. The maximum atomic E-state index is 11.6. The molecule has 1 aromatic rings. The number of benzene rings is 1. The van der Waals surface area contributed by atoms with Gasteiger partial charge in [0.25, 0.3) is 0 Å². The van der Waals surface area contributed by atoms with Gasteiger partial charge in [-0.15, -0.1) is 0 Å². The number of hydrogen-bond donors (Lipinski definition) is 1. The van der Waals surface area contributed by atoms with E-state index in [0.29, 0.717) is 12.8 Å². The quantitative estimate of drug-likeness (QED) is 0.905. The molecule has 0 saturated carbocycles. The van der Waals surface area contributed by atoms with E-state index >= 15 is 0 Å². The zero-order valence-corrected chi connectivity index (χ0v) is 12.1. The Labute approximate surface area is 122 Å². The van der Waals surface area contributed by atoms with Crippen molar-refractivity contribution in [2.45, 2.75) is 19.8 Å². The highest BCUT2D eigenvalue weighted by Gasteiger charge is 2.19. The summed E-state index contributed by atoms with van der Waals surface area (Å²) in [5.41, 5.74) is 1.76. The first-order chi connectivity index (χ1) is 9.01. The Morgan fingerprint density at radius 2 is 2.00 bits per heavy atom. The molecule has 0 unspecified atom stereocenters. The first-order valence-electron chi connectivity index (χ1n) is 6.16. The topological polar surface area (TPSA) is 40.5 Å². The van der Waals surface area contributed by atoms with Crippen LogP contribution in [0.25, 0.3) is 6.08 Å². The molecule has 3 nitrogen and oxygen atoms in total. The third kappa shape index (κ3) is 3.23. The molecule has 19 heavy (non-hydrogen) atoms. The van der Waals surface area contributed by atoms with E-state index in [1.165, 1.54) is 0 Å². The summed E-state index contributed by atoms with van der Waals surface area (Å²) in [7, 11) is 0. The number of rotatable bonds is 2. The third-order valence-corrected chi connectivity index (χ3v) is 3.78. The second-order valence-corrected chi connectivity index (χ2v) is 5.33. The van der Waals surface area contributed by atoms with Crippen molar-refractivity contribution >= 4 is 35.1 Å². The van der Waals surface area contributed by atoms with Crippen molar-refractivity contribution in [3.63, 3.8) is 0 Å². The average Bonchev–Trinajstić information content (AvgIpc) is 2.36. The molecule has 1 aliphatic heterocycles. The van der Waals surface area contributed by atoms with Gasteiger partial charge in [-0.25, -0.2) is 0 Å². The van der Waals surface area contributed by atoms with E-state index < -0.39 is 0 Å². The summed E-state index contributed by atoms with van der Waals surface area (Å²) in [5.74, 6) is 0.129. The third-order valence-electron chi connectivity index (χ3n) is 3.20. The highest BCUT2D eigenvalue weighted by molar-refractivity contribution is 6.37. The number of carbonyl (C=O) groups excluding carboxylic acids is 1. The van der Waals surface area contributed by atoms with Gasteiger partial charge >= 0.3 is 0 Å². The van der Waals surface area contributed by atoms with Gasteiger partial charge in [-0.05, 0) is 30.7 Å². The molecule has 1 fully saturated rings. The Morgan fingerprint density at radius 3 is 2.58 bits per heavy atom. The van der Waals surface area contributed by atoms with Crippen LogP contribution in [0.2, 0.25) is 10.0 Å². The number of hydrogen-bond acceptors (Lipinski definition) is 3. The van der Waals surface area contributed by atoms with Crippen LogP contribution in [0.4, 0.5) is 0 Å². The Kier molecular flexibility index (Phi) is 4.38. The second kappa shape index (κ2) is 5.85. The molecule has 1 N–H and O–H groups in total. The second-order valence-electron chi connectivity index (χ2n) is 4.51. The van der Waals surface area contributed by atoms with Crippen molar-refractivity contribution in [1.82, 2.24) is 4.90 Å². The number of carbonyl (C=O) groups is 1. The molecule has 1 saturated heterocycles. The molecule has 0 aliphatic carbocycles. The van der Waals surface area contributed by atoms with E-state index in [4.69, 9.17) is 23.2 Å². The van der Waals surface area contributed by atoms with Gasteiger partial charge in [0.1, 0.15) is 5.78 Å². The summed E-state index contributed by atoms with van der Waals surface area (Å²) in [6.07, 6.45) is 2.93. The number of nitrogens with zero attached hydrogens (tertiary/aromatic N) is 1. The van der Waals surface area contributed by atoms with Crippen LogP contribution in [-0.4, -0.2) is 28.9 Å². The zero-order valence-electron chi connectivity index (χ0n) is 10.6. The van der Waals surface area contributed by atoms with Gasteiger partial charge < -0.3 is 10.0 Å². The summed E-state index contributed by atoms with van der Waals surface area (Å²) in [6.45, 7) is 3.67. The largest absolute Gasteiger partial charge is 0.505 e. The molecule has 102 valence electrons. The molecular formula is C14H15Cl2NO2. The molecule has 0 atom stereocenters. The maximum absolute atomic E-state index is 11.6.